The standard InChI is InChI=1S/2C25H34N2OS/c2*1-3-4-5-6-14-23(24-16-10-19-29-24)15-8-17-25(28)27-21(2)11-7-12-22-13-9-18-26-20-22/h2*8-10,13,15-21H,3-7,11-12,14H2,1-2H3,(H,27,28)/b17-8+,23-15-;/t2*21-/m11/s1. The lowest BCUT2D eigenvalue weighted by Crippen LogP contribution is -2.31. The van der Waals surface area contributed by atoms with Crippen molar-refractivity contribution in [3.8, 4) is 0 Å². The molecule has 0 unspecified atom stereocenters. The van der Waals surface area contributed by atoms with Gasteiger partial charge in [0.15, 0.2) is 0 Å². The van der Waals surface area contributed by atoms with Crippen LogP contribution in [0, 0.1) is 0 Å². The molecule has 0 saturated carbocycles. The fourth-order valence-corrected chi connectivity index (χ4v) is 8.10. The third-order valence-electron chi connectivity index (χ3n) is 9.79. The molecule has 0 radical (unpaired) electrons. The molecule has 4 aromatic heterocycles. The fourth-order valence-electron chi connectivity index (χ4n) is 6.53. The number of nitrogens with one attached hydrogen (secondary N) is 2. The minimum Gasteiger partial charge on any atom is -0.350 e. The van der Waals surface area contributed by atoms with Crippen molar-refractivity contribution in [2.45, 2.75) is 143 Å². The lowest BCUT2D eigenvalue weighted by Gasteiger charge is -2.12. The molecule has 4 aromatic rings. The first-order valence-electron chi connectivity index (χ1n) is 21.6. The van der Waals surface area contributed by atoms with Crippen molar-refractivity contribution in [2.75, 3.05) is 0 Å². The molecule has 4 rings (SSSR count). The Morgan fingerprint density at radius 1 is 0.603 bits per heavy atom. The first kappa shape index (κ1) is 48.0. The summed E-state index contributed by atoms with van der Waals surface area (Å²) in [7, 11) is 0. The van der Waals surface area contributed by atoms with Crippen LogP contribution in [-0.4, -0.2) is 33.9 Å². The predicted molar refractivity (Wildman–Crippen MR) is 250 cm³/mol. The highest BCUT2D eigenvalue weighted by atomic mass is 32.1. The number of aromatic nitrogens is 2. The molecule has 0 aliphatic heterocycles. The number of carbonyl (C=O) groups is 2. The third kappa shape index (κ3) is 21.9. The number of nitrogens with zero attached hydrogens (tertiary/aromatic N) is 2. The Hall–Kier alpha value is -4.40. The van der Waals surface area contributed by atoms with Crippen LogP contribution in [0.15, 0.2) is 121 Å². The maximum atomic E-state index is 12.2. The van der Waals surface area contributed by atoms with Crippen molar-refractivity contribution >= 4 is 45.6 Å². The van der Waals surface area contributed by atoms with Crippen molar-refractivity contribution in [3.63, 3.8) is 0 Å². The first-order chi connectivity index (χ1) is 28.4. The maximum absolute atomic E-state index is 12.2. The number of thiophene rings is 2. The van der Waals surface area contributed by atoms with Gasteiger partial charge >= 0.3 is 0 Å². The summed E-state index contributed by atoms with van der Waals surface area (Å²) in [5.41, 5.74) is 5.14. The van der Waals surface area contributed by atoms with Gasteiger partial charge in [-0.3, -0.25) is 19.6 Å². The van der Waals surface area contributed by atoms with E-state index in [1.165, 1.54) is 83.4 Å². The van der Waals surface area contributed by atoms with Gasteiger partial charge in [0.2, 0.25) is 11.8 Å². The van der Waals surface area contributed by atoms with Crippen LogP contribution < -0.4 is 10.6 Å². The number of aryl methyl sites for hydroxylation is 2. The number of pyridine rings is 2. The second-order valence-electron chi connectivity index (χ2n) is 15.0. The van der Waals surface area contributed by atoms with Crippen LogP contribution in [0.3, 0.4) is 0 Å². The molecular formula is C50H68N4O2S2. The second-order valence-corrected chi connectivity index (χ2v) is 16.9. The lowest BCUT2D eigenvalue weighted by molar-refractivity contribution is -0.117. The smallest absolute Gasteiger partial charge is 0.244 e. The molecule has 58 heavy (non-hydrogen) atoms. The number of hydrogen-bond donors (Lipinski definition) is 2. The van der Waals surface area contributed by atoms with Crippen LogP contribution >= 0.6 is 22.7 Å². The van der Waals surface area contributed by atoms with Crippen molar-refractivity contribution < 1.29 is 9.59 Å². The molecule has 312 valence electrons. The number of amides is 2. The number of unbranched alkanes of at least 4 members (excludes halogenated alkanes) is 6. The summed E-state index contributed by atoms with van der Waals surface area (Å²) in [5.74, 6) is -0.0433. The monoisotopic (exact) mass is 820 g/mol. The van der Waals surface area contributed by atoms with E-state index in [4.69, 9.17) is 0 Å². The van der Waals surface area contributed by atoms with Crippen LogP contribution in [0.5, 0.6) is 0 Å². The molecule has 2 atom stereocenters. The van der Waals surface area contributed by atoms with Gasteiger partial charge in [-0.2, -0.15) is 0 Å². The molecule has 0 fully saturated rings. The van der Waals surface area contributed by atoms with E-state index in [0.29, 0.717) is 0 Å². The summed E-state index contributed by atoms with van der Waals surface area (Å²) in [6.45, 7) is 8.60. The summed E-state index contributed by atoms with van der Waals surface area (Å²) in [6, 6.07) is 16.9. The zero-order valence-electron chi connectivity index (χ0n) is 35.5. The molecule has 0 bridgehead atoms. The molecule has 0 saturated heterocycles. The molecular weight excluding hydrogens is 753 g/mol. The Labute approximate surface area is 358 Å². The molecule has 2 N–H and O–H groups in total. The van der Waals surface area contributed by atoms with Crippen molar-refractivity contribution in [1.29, 1.82) is 0 Å². The zero-order valence-corrected chi connectivity index (χ0v) is 37.2. The molecule has 0 aromatic carbocycles. The van der Waals surface area contributed by atoms with Gasteiger partial charge in [-0.05, 0) is 135 Å². The van der Waals surface area contributed by atoms with Crippen LogP contribution in [0.25, 0.3) is 11.1 Å². The molecule has 0 spiro atoms. The maximum Gasteiger partial charge on any atom is 0.244 e. The molecule has 0 aliphatic carbocycles. The van der Waals surface area contributed by atoms with Gasteiger partial charge in [0, 0.05) is 58.8 Å². The van der Waals surface area contributed by atoms with Crippen LogP contribution in [0.4, 0.5) is 0 Å². The van der Waals surface area contributed by atoms with E-state index in [0.717, 1.165) is 51.4 Å². The number of carbonyl (C=O) groups excluding carboxylic acids is 2. The Balaban J connectivity index is 0.000000310. The first-order valence-corrected chi connectivity index (χ1v) is 23.3. The van der Waals surface area contributed by atoms with Crippen molar-refractivity contribution in [1.82, 2.24) is 20.6 Å². The minimum atomic E-state index is -0.0216. The zero-order chi connectivity index (χ0) is 41.5. The van der Waals surface area contributed by atoms with Crippen molar-refractivity contribution in [3.05, 3.63) is 141 Å². The van der Waals surface area contributed by atoms with E-state index in [-0.39, 0.29) is 23.9 Å². The van der Waals surface area contributed by atoms with E-state index in [9.17, 15) is 9.59 Å². The molecule has 2 amide bonds. The summed E-state index contributed by atoms with van der Waals surface area (Å²) >= 11 is 3.53. The average molecular weight is 821 g/mol. The largest absolute Gasteiger partial charge is 0.350 e. The van der Waals surface area contributed by atoms with Gasteiger partial charge in [0.1, 0.15) is 0 Å². The van der Waals surface area contributed by atoms with E-state index in [1.807, 2.05) is 36.7 Å². The summed E-state index contributed by atoms with van der Waals surface area (Å²) < 4.78 is 0. The van der Waals surface area contributed by atoms with Gasteiger partial charge in [-0.1, -0.05) is 101 Å². The topological polar surface area (TPSA) is 84.0 Å². The highest BCUT2D eigenvalue weighted by Gasteiger charge is 2.07. The van der Waals surface area contributed by atoms with Crippen molar-refractivity contribution in [2.24, 2.45) is 0 Å². The van der Waals surface area contributed by atoms with Crippen LogP contribution in [0.1, 0.15) is 138 Å². The summed E-state index contributed by atoms with van der Waals surface area (Å²) in [4.78, 5) is 35.3. The van der Waals surface area contributed by atoms with E-state index < -0.39 is 0 Å². The Morgan fingerprint density at radius 2 is 1.05 bits per heavy atom. The van der Waals surface area contributed by atoms with Crippen LogP contribution in [0.2, 0.25) is 0 Å². The van der Waals surface area contributed by atoms with Gasteiger partial charge in [0.25, 0.3) is 0 Å². The van der Waals surface area contributed by atoms with E-state index in [2.05, 4.69) is 108 Å². The number of allylic oxidation sites excluding steroid dienone is 6. The molecule has 0 aliphatic rings. The van der Waals surface area contributed by atoms with Gasteiger partial charge in [-0.25, -0.2) is 0 Å². The third-order valence-corrected chi connectivity index (χ3v) is 11.7. The molecule has 4 heterocycles. The fraction of sp³-hybridized carbons (Fsp3) is 0.440. The molecule has 8 heteroatoms. The van der Waals surface area contributed by atoms with E-state index in [1.54, 1.807) is 47.2 Å². The normalized spacial score (nSPS) is 13.0. The summed E-state index contributed by atoms with van der Waals surface area (Å²) in [6.07, 6.45) is 36.8. The van der Waals surface area contributed by atoms with Gasteiger partial charge < -0.3 is 10.6 Å². The molecule has 6 nitrogen and oxygen atoms in total. The SMILES string of the molecule is CCCCCC/C(=C/C=C/C(=O)N[C@H](C)CCCc1cccnc1)c1cccs1.CCCCCCC(=CC=CC(=O)N[C@H](C)CCCc1cccnc1)c1cccs1. The lowest BCUT2D eigenvalue weighted by atomic mass is 10.0. The van der Waals surface area contributed by atoms with Gasteiger partial charge in [0.05, 0.1) is 0 Å². The highest BCUT2D eigenvalue weighted by Crippen LogP contribution is 2.27. The van der Waals surface area contributed by atoms with E-state index >= 15 is 0 Å². The Morgan fingerprint density at radius 3 is 1.41 bits per heavy atom. The van der Waals surface area contributed by atoms with Crippen LogP contribution in [-0.2, 0) is 22.4 Å². The predicted octanol–water partition coefficient (Wildman–Crippen LogP) is 13.2. The second kappa shape index (κ2) is 30.6. The number of rotatable bonds is 26. The Kier molecular flexibility index (Phi) is 25.3. The number of hydrogen-bond acceptors (Lipinski definition) is 6. The van der Waals surface area contributed by atoms with Gasteiger partial charge in [-0.15, -0.1) is 22.7 Å². The Bertz CT molecular complexity index is 1630. The average Bonchev–Trinajstić information content (AvgIpc) is 3.97. The highest BCUT2D eigenvalue weighted by molar-refractivity contribution is 7.11. The summed E-state index contributed by atoms with van der Waals surface area (Å²) in [5, 5.41) is 10.4. The quantitative estimate of drug-likeness (QED) is 0.0375. The minimum absolute atomic E-state index is 0.0216.